The van der Waals surface area contributed by atoms with Gasteiger partial charge < -0.3 is 14.8 Å². The van der Waals surface area contributed by atoms with E-state index >= 15 is 0 Å². The molecule has 4 rings (SSSR count). The molecule has 0 bridgehead atoms. The van der Waals surface area contributed by atoms with Gasteiger partial charge in [-0.15, -0.1) is 0 Å². The van der Waals surface area contributed by atoms with Gasteiger partial charge in [-0.1, -0.05) is 11.3 Å². The number of sulfonamides is 1. The zero-order chi connectivity index (χ0) is 23.8. The highest BCUT2D eigenvalue weighted by molar-refractivity contribution is 7.89. The fourth-order valence-corrected chi connectivity index (χ4v) is 6.11. The van der Waals surface area contributed by atoms with E-state index in [2.05, 4.69) is 10.3 Å². The third-order valence-corrected chi connectivity index (χ3v) is 8.31. The molecule has 33 heavy (non-hydrogen) atoms. The maximum atomic E-state index is 14.0. The number of fused-ring (bicyclic) bond motifs is 1. The van der Waals surface area contributed by atoms with Crippen LogP contribution < -0.4 is 14.8 Å². The summed E-state index contributed by atoms with van der Waals surface area (Å²) in [5, 5.41) is 3.19. The van der Waals surface area contributed by atoms with Gasteiger partial charge >= 0.3 is 0 Å². The molecule has 1 aliphatic rings. The van der Waals surface area contributed by atoms with Gasteiger partial charge in [0.05, 0.1) is 24.4 Å². The molecule has 1 saturated heterocycles. The number of thiazole rings is 1. The molecule has 1 fully saturated rings. The molecule has 176 valence electrons. The van der Waals surface area contributed by atoms with Crippen LogP contribution >= 0.6 is 11.3 Å². The third-order valence-electron chi connectivity index (χ3n) is 5.46. The highest BCUT2D eigenvalue weighted by atomic mass is 32.2. The maximum Gasteiger partial charge on any atom is 0.246 e. The number of rotatable bonds is 6. The van der Waals surface area contributed by atoms with Gasteiger partial charge in [0.2, 0.25) is 15.9 Å². The van der Waals surface area contributed by atoms with Crippen molar-refractivity contribution in [1.29, 1.82) is 0 Å². The normalized spacial score (nSPS) is 15.5. The van der Waals surface area contributed by atoms with Crippen LogP contribution in [0.5, 0.6) is 11.5 Å². The molecule has 8 nitrogen and oxygen atoms in total. The number of methoxy groups -OCH3 is 2. The van der Waals surface area contributed by atoms with E-state index in [1.54, 1.807) is 12.1 Å². The molecule has 1 N–H and O–H groups in total. The topological polar surface area (TPSA) is 97.8 Å². The van der Waals surface area contributed by atoms with Crippen molar-refractivity contribution in [3.8, 4) is 11.5 Å². The second-order valence-corrected chi connectivity index (χ2v) is 10.4. The Morgan fingerprint density at radius 3 is 2.45 bits per heavy atom. The minimum atomic E-state index is -4.20. The fourth-order valence-electron chi connectivity index (χ4n) is 3.69. The molecule has 0 spiro atoms. The lowest BCUT2D eigenvalue weighted by Gasteiger charge is -2.30. The largest absolute Gasteiger partial charge is 0.493 e. The zero-order valence-corrected chi connectivity index (χ0v) is 19.4. The van der Waals surface area contributed by atoms with E-state index in [4.69, 9.17) is 9.47 Å². The summed E-state index contributed by atoms with van der Waals surface area (Å²) in [5.74, 6) is -1.49. The van der Waals surface area contributed by atoms with Crippen molar-refractivity contribution in [1.82, 2.24) is 9.29 Å². The molecule has 0 unspecified atom stereocenters. The average molecular weight is 498 g/mol. The summed E-state index contributed by atoms with van der Waals surface area (Å²) < 4.78 is 65.3. The van der Waals surface area contributed by atoms with Crippen molar-refractivity contribution < 1.29 is 31.5 Å². The van der Waals surface area contributed by atoms with Crippen molar-refractivity contribution in [2.45, 2.75) is 17.7 Å². The number of piperidine rings is 1. The standard InChI is InChI=1S/C21H21F2N3O5S2/c1-30-16-10-15-18(11-17(16)31-2)32-21(24-15)25-20(27)12-5-7-26(8-6-12)33(28,29)19-9-13(22)3-4-14(19)23/h3-4,9-12H,5-8H2,1-2H3,(H,24,25,27). The van der Waals surface area contributed by atoms with Gasteiger partial charge in [-0.3, -0.25) is 4.79 Å². The van der Waals surface area contributed by atoms with Gasteiger partial charge in [0.25, 0.3) is 0 Å². The Kier molecular flexibility index (Phi) is 6.50. The molecule has 0 saturated carbocycles. The Hall–Kier alpha value is -2.83. The van der Waals surface area contributed by atoms with Crippen LogP contribution in [0.25, 0.3) is 10.2 Å². The Bertz CT molecular complexity index is 1260. The molecule has 1 aromatic heterocycles. The highest BCUT2D eigenvalue weighted by Crippen LogP contribution is 2.36. The summed E-state index contributed by atoms with van der Waals surface area (Å²) in [6.45, 7) is 0.0369. The minimum absolute atomic E-state index is 0.0185. The second-order valence-electron chi connectivity index (χ2n) is 7.44. The summed E-state index contributed by atoms with van der Waals surface area (Å²) in [6.07, 6.45) is 0.489. The highest BCUT2D eigenvalue weighted by Gasteiger charge is 2.34. The van der Waals surface area contributed by atoms with E-state index in [9.17, 15) is 22.0 Å². The van der Waals surface area contributed by atoms with E-state index in [0.717, 1.165) is 21.1 Å². The number of amides is 1. The first-order valence-corrected chi connectivity index (χ1v) is 12.3. The Morgan fingerprint density at radius 1 is 1.12 bits per heavy atom. The number of halogens is 2. The van der Waals surface area contributed by atoms with Crippen molar-refractivity contribution in [3.05, 3.63) is 42.0 Å². The molecule has 1 aliphatic heterocycles. The quantitative estimate of drug-likeness (QED) is 0.559. The summed E-state index contributed by atoms with van der Waals surface area (Å²) in [5.41, 5.74) is 0.644. The number of aromatic nitrogens is 1. The van der Waals surface area contributed by atoms with Gasteiger partial charge in [-0.05, 0) is 31.0 Å². The van der Waals surface area contributed by atoms with Crippen LogP contribution in [0, 0.1) is 17.6 Å². The second kappa shape index (κ2) is 9.20. The smallest absolute Gasteiger partial charge is 0.246 e. The van der Waals surface area contributed by atoms with E-state index in [0.29, 0.717) is 28.2 Å². The fraction of sp³-hybridized carbons (Fsp3) is 0.333. The number of nitrogens with zero attached hydrogens (tertiary/aromatic N) is 2. The first kappa shape index (κ1) is 23.3. The predicted molar refractivity (Wildman–Crippen MR) is 119 cm³/mol. The molecule has 3 aromatic rings. The van der Waals surface area contributed by atoms with E-state index in [1.807, 2.05) is 0 Å². The first-order valence-electron chi connectivity index (χ1n) is 10.0. The number of anilines is 1. The Morgan fingerprint density at radius 2 is 1.79 bits per heavy atom. The van der Waals surface area contributed by atoms with Crippen molar-refractivity contribution in [2.24, 2.45) is 5.92 Å². The molecule has 0 atom stereocenters. The number of nitrogens with one attached hydrogen (secondary N) is 1. The lowest BCUT2D eigenvalue weighted by molar-refractivity contribution is -0.120. The molecular weight excluding hydrogens is 476 g/mol. The van der Waals surface area contributed by atoms with Gasteiger partial charge in [-0.2, -0.15) is 4.31 Å². The van der Waals surface area contributed by atoms with Crippen molar-refractivity contribution in [2.75, 3.05) is 32.6 Å². The van der Waals surface area contributed by atoms with Gasteiger partial charge in [0.1, 0.15) is 16.5 Å². The number of hydrogen-bond donors (Lipinski definition) is 1. The number of carbonyl (C=O) groups excluding carboxylic acids is 1. The minimum Gasteiger partial charge on any atom is -0.493 e. The Labute approximate surface area is 193 Å². The van der Waals surface area contributed by atoms with Gasteiger partial charge in [0.15, 0.2) is 16.6 Å². The molecule has 0 aliphatic carbocycles. The predicted octanol–water partition coefficient (Wildman–Crippen LogP) is 3.63. The van der Waals surface area contributed by atoms with Gasteiger partial charge in [0, 0.05) is 31.1 Å². The zero-order valence-electron chi connectivity index (χ0n) is 17.8. The third kappa shape index (κ3) is 4.63. The molecule has 12 heteroatoms. The number of hydrogen-bond acceptors (Lipinski definition) is 7. The van der Waals surface area contributed by atoms with Crippen LogP contribution in [-0.2, 0) is 14.8 Å². The monoisotopic (exact) mass is 497 g/mol. The lowest BCUT2D eigenvalue weighted by Crippen LogP contribution is -2.41. The number of carbonyl (C=O) groups is 1. The van der Waals surface area contributed by atoms with Crippen LogP contribution in [0.1, 0.15) is 12.8 Å². The van der Waals surface area contributed by atoms with Crippen molar-refractivity contribution >= 4 is 42.6 Å². The van der Waals surface area contributed by atoms with E-state index in [-0.39, 0.29) is 31.8 Å². The maximum absolute atomic E-state index is 14.0. The number of ether oxygens (including phenoxy) is 2. The van der Waals surface area contributed by atoms with Crippen molar-refractivity contribution in [3.63, 3.8) is 0 Å². The van der Waals surface area contributed by atoms with Crippen LogP contribution in [0.3, 0.4) is 0 Å². The van der Waals surface area contributed by atoms with E-state index in [1.165, 1.54) is 25.6 Å². The molecule has 2 aromatic carbocycles. The molecule has 0 radical (unpaired) electrons. The average Bonchev–Trinajstić information content (AvgIpc) is 3.20. The van der Waals surface area contributed by atoms with Crippen LogP contribution in [0.15, 0.2) is 35.2 Å². The molecule has 1 amide bonds. The summed E-state index contributed by atoms with van der Waals surface area (Å²) in [6, 6.07) is 5.80. The van der Waals surface area contributed by atoms with Gasteiger partial charge in [-0.25, -0.2) is 22.2 Å². The van der Waals surface area contributed by atoms with Crippen LogP contribution in [0.2, 0.25) is 0 Å². The SMILES string of the molecule is COc1cc2nc(NC(=O)C3CCN(S(=O)(=O)c4cc(F)ccc4F)CC3)sc2cc1OC. The molecule has 2 heterocycles. The summed E-state index contributed by atoms with van der Waals surface area (Å²) >= 11 is 1.28. The van der Waals surface area contributed by atoms with E-state index < -0.39 is 32.5 Å². The lowest BCUT2D eigenvalue weighted by atomic mass is 9.97. The van der Waals surface area contributed by atoms with Crippen LogP contribution in [0.4, 0.5) is 13.9 Å². The Balaban J connectivity index is 1.43. The molecular formula is C21H21F2N3O5S2. The summed E-state index contributed by atoms with van der Waals surface area (Å²) in [7, 11) is -1.15. The van der Waals surface area contributed by atoms with Crippen LogP contribution in [-0.4, -0.2) is 50.9 Å². The summed E-state index contributed by atoms with van der Waals surface area (Å²) in [4.78, 5) is 16.5. The first-order chi connectivity index (χ1) is 15.7. The number of benzene rings is 2.